The molecule has 1 atom stereocenters. The van der Waals surface area contributed by atoms with Crippen molar-refractivity contribution < 1.29 is 32.6 Å². The Morgan fingerprint density at radius 1 is 1.03 bits per heavy atom. The number of carboxylic acid groups (broad SMARTS) is 1. The number of hydrogen-bond donors (Lipinski definition) is 2. The summed E-state index contributed by atoms with van der Waals surface area (Å²) < 4.78 is 45.8. The van der Waals surface area contributed by atoms with E-state index in [1.54, 1.807) is 43.3 Å². The Balaban J connectivity index is 1.54. The molecule has 4 rings (SSSR count). The summed E-state index contributed by atoms with van der Waals surface area (Å²) in [5.74, 6) is -1.50. The summed E-state index contributed by atoms with van der Waals surface area (Å²) in [7, 11) is 0. The smallest absolute Gasteiger partial charge is 0.416 e. The molecule has 0 aliphatic carbocycles. The summed E-state index contributed by atoms with van der Waals surface area (Å²) in [6.45, 7) is 1.73. The van der Waals surface area contributed by atoms with E-state index in [0.29, 0.717) is 16.8 Å². The van der Waals surface area contributed by atoms with Crippen molar-refractivity contribution in [1.29, 1.82) is 0 Å². The van der Waals surface area contributed by atoms with Crippen LogP contribution in [-0.2, 0) is 12.7 Å². The highest BCUT2D eigenvalue weighted by Gasteiger charge is 2.30. The fourth-order valence-electron chi connectivity index (χ4n) is 3.76. The first-order valence-electron chi connectivity index (χ1n) is 11.6. The predicted octanol–water partition coefficient (Wildman–Crippen LogP) is 5.23. The molecule has 4 aromatic rings. The number of amides is 1. The number of hydrogen-bond acceptors (Lipinski definition) is 5. The molecule has 0 aliphatic heterocycles. The van der Waals surface area contributed by atoms with Crippen LogP contribution in [0.15, 0.2) is 78.9 Å². The number of alkyl halides is 3. The number of nitrogens with one attached hydrogen (secondary N) is 1. The van der Waals surface area contributed by atoms with Gasteiger partial charge in [0.15, 0.2) is 5.69 Å². The highest BCUT2D eigenvalue weighted by molar-refractivity contribution is 5.98. The molecule has 0 radical (unpaired) electrons. The van der Waals surface area contributed by atoms with Gasteiger partial charge in [0.1, 0.15) is 18.1 Å². The second kappa shape index (κ2) is 11.2. The van der Waals surface area contributed by atoms with E-state index < -0.39 is 29.7 Å². The van der Waals surface area contributed by atoms with Gasteiger partial charge in [-0.05, 0) is 42.8 Å². The van der Waals surface area contributed by atoms with Crippen LogP contribution in [-0.4, -0.2) is 38.6 Å². The third-order valence-corrected chi connectivity index (χ3v) is 5.74. The second-order valence-electron chi connectivity index (χ2n) is 8.37. The Hall–Kier alpha value is -4.67. The van der Waals surface area contributed by atoms with Crippen LogP contribution in [0.1, 0.15) is 44.9 Å². The lowest BCUT2D eigenvalue weighted by Gasteiger charge is -2.16. The minimum Gasteiger partial charge on any atom is -0.492 e. The molecule has 0 saturated carbocycles. The molecule has 0 bridgehead atoms. The predicted molar refractivity (Wildman–Crippen MR) is 132 cm³/mol. The first-order chi connectivity index (χ1) is 18.1. The summed E-state index contributed by atoms with van der Waals surface area (Å²) in [5.41, 5.74) is 1.13. The SMILES string of the molecule is CC(NC(=O)c1c(-c2ccccc2)nnn1CCOc1cccc(C(F)(F)F)c1)c1ccc(C(=O)O)cc1. The molecule has 0 spiro atoms. The van der Waals surface area contributed by atoms with Crippen LogP contribution >= 0.6 is 0 Å². The molecule has 1 heterocycles. The number of halogens is 3. The van der Waals surface area contributed by atoms with Crippen molar-refractivity contribution in [1.82, 2.24) is 20.3 Å². The van der Waals surface area contributed by atoms with Crippen LogP contribution in [0.25, 0.3) is 11.3 Å². The van der Waals surface area contributed by atoms with Gasteiger partial charge in [-0.3, -0.25) is 4.79 Å². The molecule has 0 fully saturated rings. The van der Waals surface area contributed by atoms with Crippen LogP contribution in [0.2, 0.25) is 0 Å². The maximum absolute atomic E-state index is 13.4. The van der Waals surface area contributed by atoms with Crippen molar-refractivity contribution >= 4 is 11.9 Å². The molecular weight excluding hydrogens is 501 g/mol. The highest BCUT2D eigenvalue weighted by atomic mass is 19.4. The van der Waals surface area contributed by atoms with Crippen LogP contribution in [0.3, 0.4) is 0 Å². The lowest BCUT2D eigenvalue weighted by Crippen LogP contribution is -2.30. The first kappa shape index (κ1) is 26.4. The fourth-order valence-corrected chi connectivity index (χ4v) is 3.76. The van der Waals surface area contributed by atoms with Crippen LogP contribution in [0, 0.1) is 0 Å². The van der Waals surface area contributed by atoms with Crippen LogP contribution in [0.4, 0.5) is 13.2 Å². The summed E-state index contributed by atoms with van der Waals surface area (Å²) in [5, 5.41) is 20.2. The molecule has 1 aromatic heterocycles. The van der Waals surface area contributed by atoms with Gasteiger partial charge in [0, 0.05) is 5.56 Å². The lowest BCUT2D eigenvalue weighted by molar-refractivity contribution is -0.137. The minimum atomic E-state index is -4.49. The standard InChI is InChI=1S/C27H23F3N4O4/c1-17(18-10-12-20(13-11-18)26(36)37)31-25(35)24-23(19-6-3-2-4-7-19)32-33-34(24)14-15-38-22-9-5-8-21(16-22)27(28,29)30/h2-13,16-17H,14-15H2,1H3,(H,31,35)(H,36,37). The van der Waals surface area contributed by atoms with E-state index in [0.717, 1.165) is 12.1 Å². The molecule has 196 valence electrons. The number of nitrogens with zero attached hydrogens (tertiary/aromatic N) is 3. The van der Waals surface area contributed by atoms with E-state index in [2.05, 4.69) is 15.6 Å². The summed E-state index contributed by atoms with van der Waals surface area (Å²) in [6.07, 6.45) is -4.49. The quantitative estimate of drug-likeness (QED) is 0.311. The molecule has 0 aliphatic rings. The lowest BCUT2D eigenvalue weighted by atomic mass is 10.1. The molecule has 0 saturated heterocycles. The number of carboxylic acids is 1. The maximum atomic E-state index is 13.4. The zero-order valence-electron chi connectivity index (χ0n) is 20.1. The molecule has 3 aromatic carbocycles. The van der Waals surface area contributed by atoms with Gasteiger partial charge in [0.25, 0.3) is 5.91 Å². The van der Waals surface area contributed by atoms with Crippen molar-refractivity contribution in [3.8, 4) is 17.0 Å². The number of ether oxygens (including phenoxy) is 1. The van der Waals surface area contributed by atoms with Gasteiger partial charge in [0.2, 0.25) is 0 Å². The Morgan fingerprint density at radius 3 is 2.39 bits per heavy atom. The van der Waals surface area contributed by atoms with Crippen molar-refractivity contribution in [3.63, 3.8) is 0 Å². The van der Waals surface area contributed by atoms with E-state index in [4.69, 9.17) is 9.84 Å². The first-order valence-corrected chi connectivity index (χ1v) is 11.6. The van der Waals surface area contributed by atoms with Crippen molar-refractivity contribution in [3.05, 3.63) is 101 Å². The van der Waals surface area contributed by atoms with Crippen molar-refractivity contribution in [2.75, 3.05) is 6.61 Å². The molecule has 8 nitrogen and oxygen atoms in total. The van der Waals surface area contributed by atoms with E-state index in [9.17, 15) is 22.8 Å². The molecule has 2 N–H and O–H groups in total. The Labute approximate surface area is 215 Å². The number of rotatable bonds is 9. The van der Waals surface area contributed by atoms with Crippen LogP contribution < -0.4 is 10.1 Å². The molecule has 11 heteroatoms. The Morgan fingerprint density at radius 2 is 1.74 bits per heavy atom. The van der Waals surface area contributed by atoms with Crippen LogP contribution in [0.5, 0.6) is 5.75 Å². The number of benzene rings is 3. The van der Waals surface area contributed by atoms with Gasteiger partial charge in [-0.1, -0.05) is 53.7 Å². The zero-order chi connectivity index (χ0) is 27.3. The van der Waals surface area contributed by atoms with Crippen molar-refractivity contribution in [2.24, 2.45) is 0 Å². The summed E-state index contributed by atoms with van der Waals surface area (Å²) in [6, 6.07) is 19.1. The normalized spacial score (nSPS) is 12.1. The van der Waals surface area contributed by atoms with E-state index >= 15 is 0 Å². The third kappa shape index (κ3) is 6.17. The summed E-state index contributed by atoms with van der Waals surface area (Å²) in [4.78, 5) is 24.5. The molecule has 38 heavy (non-hydrogen) atoms. The topological polar surface area (TPSA) is 106 Å². The maximum Gasteiger partial charge on any atom is 0.416 e. The number of carbonyl (C=O) groups is 2. The fraction of sp³-hybridized carbons (Fsp3) is 0.185. The third-order valence-electron chi connectivity index (χ3n) is 5.74. The number of carbonyl (C=O) groups excluding carboxylic acids is 1. The van der Waals surface area contributed by atoms with E-state index in [1.807, 2.05) is 6.07 Å². The Kier molecular flexibility index (Phi) is 7.75. The Bertz CT molecular complexity index is 1420. The summed E-state index contributed by atoms with van der Waals surface area (Å²) >= 11 is 0. The molecule has 1 amide bonds. The van der Waals surface area contributed by atoms with Gasteiger partial charge >= 0.3 is 12.1 Å². The number of aromatic nitrogens is 3. The minimum absolute atomic E-state index is 0.0349. The largest absolute Gasteiger partial charge is 0.492 e. The molecular formula is C27H23F3N4O4. The number of aromatic carboxylic acids is 1. The van der Waals surface area contributed by atoms with E-state index in [-0.39, 0.29) is 30.2 Å². The van der Waals surface area contributed by atoms with Gasteiger partial charge in [0.05, 0.1) is 23.7 Å². The second-order valence-corrected chi connectivity index (χ2v) is 8.37. The average molecular weight is 524 g/mol. The zero-order valence-corrected chi connectivity index (χ0v) is 20.1. The van der Waals surface area contributed by atoms with Gasteiger partial charge in [-0.15, -0.1) is 5.10 Å². The van der Waals surface area contributed by atoms with E-state index in [1.165, 1.54) is 28.9 Å². The van der Waals surface area contributed by atoms with Gasteiger partial charge in [-0.2, -0.15) is 13.2 Å². The van der Waals surface area contributed by atoms with Gasteiger partial charge in [-0.25, -0.2) is 9.48 Å². The van der Waals surface area contributed by atoms with Crippen molar-refractivity contribution in [2.45, 2.75) is 25.7 Å². The molecule has 1 unspecified atom stereocenters. The van der Waals surface area contributed by atoms with Gasteiger partial charge < -0.3 is 15.2 Å². The highest BCUT2D eigenvalue weighted by Crippen LogP contribution is 2.31. The average Bonchev–Trinajstić information content (AvgIpc) is 3.33. The monoisotopic (exact) mass is 524 g/mol.